The molecule has 0 atom stereocenters. The molecule has 0 unspecified atom stereocenters. The summed E-state index contributed by atoms with van der Waals surface area (Å²) in [5.74, 6) is 0. The van der Waals surface area contributed by atoms with Crippen molar-refractivity contribution in [1.82, 2.24) is 0 Å². The fourth-order valence-electron chi connectivity index (χ4n) is 0. The van der Waals surface area contributed by atoms with Gasteiger partial charge in [0.25, 0.3) is 0 Å². The van der Waals surface area contributed by atoms with Crippen LogP contribution >= 0.6 is 0 Å². The topological polar surface area (TPSA) is 575 Å². The third-order valence-corrected chi connectivity index (χ3v) is 0. The summed E-state index contributed by atoms with van der Waals surface area (Å²) in [6, 6.07) is 0. The summed E-state index contributed by atoms with van der Waals surface area (Å²) in [6.07, 6.45) is 0. The summed E-state index contributed by atoms with van der Waals surface area (Å²) < 4.78 is 117. The predicted molar refractivity (Wildman–Crippen MR) is 137 cm³/mol. The Labute approximate surface area is 323 Å². The minimum Gasteiger partial charge on any atom is -2.00 e. The van der Waals surface area contributed by atoms with Gasteiger partial charge in [-0.25, -0.2) is 0 Å². The van der Waals surface area contributed by atoms with Crippen molar-refractivity contribution in [3.63, 3.8) is 0 Å². The number of rotatable bonds is 0. The average molecular weight is 1230 g/mol. The molecule has 0 fully saturated rings. The summed E-state index contributed by atoms with van der Waals surface area (Å²) in [5.41, 5.74) is 15.0. The molecule has 2 radical (unpaired) electrons. The van der Waals surface area contributed by atoms with Gasteiger partial charge < -0.3 is 60.2 Å². The molecular formula is C12H50As6Mn4O23-8. The molecule has 0 aliphatic heterocycles. The Kier molecular flexibility index (Phi) is 212. The molecule has 0 spiro atoms. The van der Waals surface area contributed by atoms with Gasteiger partial charge in [0, 0.05) is 34.1 Å². The second-order valence-corrected chi connectivity index (χ2v) is 39.0. The van der Waals surface area contributed by atoms with Gasteiger partial charge in [0.2, 0.25) is 0 Å². The van der Waals surface area contributed by atoms with Gasteiger partial charge in [0.05, 0.1) is 0 Å². The summed E-state index contributed by atoms with van der Waals surface area (Å²) >= 11 is -20.2. The maximum absolute atomic E-state index is 9.72. The Balaban J connectivity index is -0.00000000758. The van der Waals surface area contributed by atoms with Crippen LogP contribution in [-0.2, 0) is 113 Å². The van der Waals surface area contributed by atoms with Crippen LogP contribution in [0.25, 0.3) is 0 Å². The quantitative estimate of drug-likeness (QED) is 0.204. The molecule has 0 bridgehead atoms. The fourth-order valence-corrected chi connectivity index (χ4v) is 0. The van der Waals surface area contributed by atoms with E-state index in [0.29, 0.717) is 0 Å². The van der Waals surface area contributed by atoms with E-state index in [2.05, 4.69) is 0 Å². The van der Waals surface area contributed by atoms with Gasteiger partial charge in [-0.2, -0.15) is 0 Å². The van der Waals surface area contributed by atoms with Crippen LogP contribution in [0.1, 0.15) is 0 Å². The Morgan fingerprint density at radius 3 is 0.267 bits per heavy atom. The molecule has 0 amide bonds. The van der Waals surface area contributed by atoms with E-state index in [9.17, 15) is 47.0 Å². The molecule has 23 nitrogen and oxygen atoms in total. The van der Waals surface area contributed by atoms with Crippen molar-refractivity contribution in [2.45, 2.75) is 68.5 Å². The van der Waals surface area contributed by atoms with Crippen LogP contribution in [0, 0.1) is 0 Å². The average Bonchev–Trinajstić information content (AvgIpc) is 1.94. The molecule has 0 heterocycles. The Bertz CT molecular complexity index is 509. The third kappa shape index (κ3) is 7830. The van der Waals surface area contributed by atoms with Crippen LogP contribution in [0.2, 0.25) is 68.5 Å². The SMILES string of the molecule is C[As](C)(=O)[O-].C[As](C)(=O)[O-].C[As](C)(=O)[O-].C[As](C)(=O)[O-].C[As](C)(=O)[O-].C[As](C)(=O)[O-].O.O.O.O.O.O.O.[Mn+3].[Mn+3].[Mn].[Mn].[O-2].[O-2].[O-2].[O-2]. The van der Waals surface area contributed by atoms with Crippen LogP contribution in [0.3, 0.4) is 0 Å². The van der Waals surface area contributed by atoms with E-state index in [1.807, 2.05) is 0 Å². The molecule has 0 aromatic heterocycles. The first-order valence-electron chi connectivity index (χ1n) is 7.56. The molecule has 14 N–H and O–H groups in total. The second kappa shape index (κ2) is 65.9. The molecule has 0 saturated carbocycles. The van der Waals surface area contributed by atoms with E-state index in [4.69, 9.17) is 0 Å². The molecule has 33 heteroatoms. The van der Waals surface area contributed by atoms with E-state index in [1.165, 1.54) is 68.5 Å². The van der Waals surface area contributed by atoms with Crippen LogP contribution in [0.15, 0.2) is 0 Å². The van der Waals surface area contributed by atoms with Gasteiger partial charge in [0.1, 0.15) is 0 Å². The normalized spacial score (nSPS) is 7.87. The maximum Gasteiger partial charge on any atom is 3.00 e. The standard InChI is InChI=1S/6C2H7AsO2.4Mn.7H2O.4O/c6*1-3(2,4)5;;;;;;;;;;;;;;;/h6*1-2H3,(H,4,5);;;;;7*1H2;;;;/q;;;;;;;;2*+3;;;;;;;;4*-2/p-6. The molecule has 0 saturated heterocycles. The third-order valence-electron chi connectivity index (χ3n) is 0. The first kappa shape index (κ1) is 145. The van der Waals surface area contributed by atoms with Gasteiger partial charge in [-0.15, -0.1) is 0 Å². The molecule has 0 aliphatic carbocycles. The largest absolute Gasteiger partial charge is 3.00 e. The Morgan fingerprint density at radius 1 is 0.267 bits per heavy atom. The van der Waals surface area contributed by atoms with Crippen LogP contribution in [-0.4, -0.2) is 121 Å². The van der Waals surface area contributed by atoms with Crippen LogP contribution < -0.4 is 24.6 Å². The fraction of sp³-hybridized carbons (Fsp3) is 1.00. The van der Waals surface area contributed by atoms with E-state index in [1.54, 1.807) is 0 Å². The number of hydrogen-bond donors (Lipinski definition) is 0. The maximum atomic E-state index is 9.72. The summed E-state index contributed by atoms with van der Waals surface area (Å²) in [7, 11) is 0. The van der Waals surface area contributed by atoms with Crippen molar-refractivity contribution in [3.8, 4) is 0 Å². The minimum atomic E-state index is -3.38. The first-order valence-corrected chi connectivity index (χ1v) is 39.3. The van der Waals surface area contributed by atoms with Crippen molar-refractivity contribution in [2.24, 2.45) is 0 Å². The van der Waals surface area contributed by atoms with Crippen molar-refractivity contribution in [1.29, 1.82) is 0 Å². The molecule has 302 valence electrons. The van der Waals surface area contributed by atoms with Gasteiger partial charge in [0.15, 0.2) is 0 Å². The zero-order valence-corrected chi connectivity index (χ0v) is 42.2. The second-order valence-electron chi connectivity index (χ2n) is 7.51. The predicted octanol–water partition coefficient (Wildman–Crippen LogP) is -9.38. The van der Waals surface area contributed by atoms with Crippen molar-refractivity contribution in [2.75, 3.05) is 0 Å². The molecule has 0 aliphatic rings. The van der Waals surface area contributed by atoms with Gasteiger partial charge in [-0.1, -0.05) is 0 Å². The van der Waals surface area contributed by atoms with Crippen LogP contribution in [0.4, 0.5) is 0 Å². The summed E-state index contributed by atoms with van der Waals surface area (Å²) in [4.78, 5) is 0. The summed E-state index contributed by atoms with van der Waals surface area (Å²) in [6.45, 7) is 0. The van der Waals surface area contributed by atoms with Gasteiger partial charge >= 0.3 is 233 Å². The smallest absolute Gasteiger partial charge is 2.00 e. The van der Waals surface area contributed by atoms with Crippen molar-refractivity contribution in [3.05, 3.63) is 0 Å². The van der Waals surface area contributed by atoms with E-state index in [0.717, 1.165) is 0 Å². The van der Waals surface area contributed by atoms with Crippen LogP contribution in [0.5, 0.6) is 0 Å². The van der Waals surface area contributed by atoms with E-state index >= 15 is 0 Å². The Hall–Kier alpha value is 3.55. The van der Waals surface area contributed by atoms with Crippen molar-refractivity contribution >= 4 is 83.0 Å². The monoisotopic (exact) mass is 1230 g/mol. The number of hydrogen-bond acceptors (Lipinski definition) is 12. The van der Waals surface area contributed by atoms with Gasteiger partial charge in [-0.05, 0) is 0 Å². The van der Waals surface area contributed by atoms with E-state index in [-0.39, 0.29) is 129 Å². The zero-order chi connectivity index (χ0) is 27.0. The molecular weight excluding hydrogens is 1180 g/mol. The molecule has 0 rings (SSSR count). The molecule has 0 aromatic carbocycles. The summed E-state index contributed by atoms with van der Waals surface area (Å²) in [5, 5.41) is 0. The minimum absolute atomic E-state index is 0. The zero-order valence-electron chi connectivity index (χ0n) is 26.2. The Morgan fingerprint density at radius 2 is 0.267 bits per heavy atom. The van der Waals surface area contributed by atoms with Gasteiger partial charge in [-0.3, -0.25) is 0 Å². The molecule has 45 heavy (non-hydrogen) atoms. The molecule has 0 aromatic rings. The first-order chi connectivity index (χ1) is 12.0. The van der Waals surface area contributed by atoms with E-state index < -0.39 is 83.0 Å². The van der Waals surface area contributed by atoms with Crippen molar-refractivity contribution < 1.29 is 176 Å².